The maximum Gasteiger partial charge on any atom is 0.233 e. The van der Waals surface area contributed by atoms with Crippen LogP contribution in [0, 0.1) is 0 Å². The molecule has 0 aliphatic heterocycles. The first-order valence-corrected chi connectivity index (χ1v) is 5.55. The van der Waals surface area contributed by atoms with E-state index in [1.54, 1.807) is 0 Å². The van der Waals surface area contributed by atoms with Crippen LogP contribution in [0.25, 0.3) is 0 Å². The lowest BCUT2D eigenvalue weighted by Crippen LogP contribution is -2.31. The van der Waals surface area contributed by atoms with Crippen molar-refractivity contribution in [3.05, 3.63) is 0 Å². The number of carbonyl (C=O) groups excluding carboxylic acids is 1. The molecule has 0 saturated carbocycles. The standard InChI is InChI=1S/C9H18BrNO/c1-3-5-6-7-11-9(12)8(10)4-2/h8H,3-7H2,1-2H3,(H,11,12). The Morgan fingerprint density at radius 1 is 1.42 bits per heavy atom. The molecule has 0 spiro atoms. The summed E-state index contributed by atoms with van der Waals surface area (Å²) >= 11 is 3.30. The van der Waals surface area contributed by atoms with Crippen LogP contribution in [0.2, 0.25) is 0 Å². The van der Waals surface area contributed by atoms with E-state index in [9.17, 15) is 4.79 Å². The highest BCUT2D eigenvalue weighted by atomic mass is 79.9. The molecule has 0 saturated heterocycles. The molecule has 0 fully saturated rings. The Balaban J connectivity index is 3.31. The Labute approximate surface area is 83.2 Å². The van der Waals surface area contributed by atoms with Crippen LogP contribution in [0.15, 0.2) is 0 Å². The van der Waals surface area contributed by atoms with Gasteiger partial charge in [0.2, 0.25) is 5.91 Å². The molecule has 1 N–H and O–H groups in total. The van der Waals surface area contributed by atoms with Crippen LogP contribution in [0.3, 0.4) is 0 Å². The van der Waals surface area contributed by atoms with Crippen molar-refractivity contribution in [3.63, 3.8) is 0 Å². The zero-order chi connectivity index (χ0) is 9.40. The highest BCUT2D eigenvalue weighted by molar-refractivity contribution is 9.10. The van der Waals surface area contributed by atoms with Gasteiger partial charge in [-0.25, -0.2) is 0 Å². The highest BCUT2D eigenvalue weighted by Gasteiger charge is 2.10. The lowest BCUT2D eigenvalue weighted by atomic mass is 10.2. The maximum atomic E-state index is 11.2. The first-order chi connectivity index (χ1) is 5.72. The second-order valence-electron chi connectivity index (χ2n) is 2.87. The van der Waals surface area contributed by atoms with E-state index in [-0.39, 0.29) is 10.7 Å². The number of hydrogen-bond donors (Lipinski definition) is 1. The zero-order valence-corrected chi connectivity index (χ0v) is 9.49. The topological polar surface area (TPSA) is 29.1 Å². The molecule has 0 aromatic carbocycles. The van der Waals surface area contributed by atoms with Crippen molar-refractivity contribution in [3.8, 4) is 0 Å². The third-order valence-electron chi connectivity index (χ3n) is 1.72. The lowest BCUT2D eigenvalue weighted by Gasteiger charge is -2.07. The summed E-state index contributed by atoms with van der Waals surface area (Å²) < 4.78 is 0. The Morgan fingerprint density at radius 3 is 2.58 bits per heavy atom. The minimum absolute atomic E-state index is 0.0147. The molecule has 12 heavy (non-hydrogen) atoms. The van der Waals surface area contributed by atoms with Gasteiger partial charge in [-0.1, -0.05) is 42.6 Å². The van der Waals surface area contributed by atoms with Gasteiger partial charge in [0, 0.05) is 6.54 Å². The zero-order valence-electron chi connectivity index (χ0n) is 7.90. The predicted molar refractivity (Wildman–Crippen MR) is 55.5 cm³/mol. The summed E-state index contributed by atoms with van der Waals surface area (Å²) in [7, 11) is 0. The average molecular weight is 236 g/mol. The minimum Gasteiger partial charge on any atom is -0.355 e. The fraction of sp³-hybridized carbons (Fsp3) is 0.889. The second-order valence-corrected chi connectivity index (χ2v) is 3.98. The smallest absolute Gasteiger partial charge is 0.233 e. The van der Waals surface area contributed by atoms with Gasteiger partial charge < -0.3 is 5.32 Å². The summed E-state index contributed by atoms with van der Waals surface area (Å²) in [5.74, 6) is 0.119. The minimum atomic E-state index is -0.0147. The van der Waals surface area contributed by atoms with Crippen molar-refractivity contribution in [1.82, 2.24) is 5.32 Å². The van der Waals surface area contributed by atoms with Crippen molar-refractivity contribution in [1.29, 1.82) is 0 Å². The molecule has 0 heterocycles. The molecule has 1 amide bonds. The van der Waals surface area contributed by atoms with Crippen molar-refractivity contribution in [2.75, 3.05) is 6.54 Å². The third kappa shape index (κ3) is 5.58. The monoisotopic (exact) mass is 235 g/mol. The van der Waals surface area contributed by atoms with Gasteiger partial charge in [0.05, 0.1) is 4.83 Å². The maximum absolute atomic E-state index is 11.2. The van der Waals surface area contributed by atoms with Crippen LogP contribution in [0.5, 0.6) is 0 Å². The summed E-state index contributed by atoms with van der Waals surface area (Å²) in [5.41, 5.74) is 0. The van der Waals surface area contributed by atoms with Gasteiger partial charge in [-0.2, -0.15) is 0 Å². The van der Waals surface area contributed by atoms with Crippen LogP contribution >= 0.6 is 15.9 Å². The molecule has 0 aliphatic carbocycles. The predicted octanol–water partition coefficient (Wildman–Crippen LogP) is 2.47. The number of alkyl halides is 1. The van der Waals surface area contributed by atoms with Gasteiger partial charge in [0.25, 0.3) is 0 Å². The summed E-state index contributed by atoms with van der Waals surface area (Å²) in [6.45, 7) is 4.96. The van der Waals surface area contributed by atoms with E-state index in [0.29, 0.717) is 0 Å². The molecule has 1 unspecified atom stereocenters. The summed E-state index contributed by atoms with van der Waals surface area (Å²) in [5, 5.41) is 2.88. The van der Waals surface area contributed by atoms with Gasteiger partial charge >= 0.3 is 0 Å². The van der Waals surface area contributed by atoms with Crippen LogP contribution in [0.1, 0.15) is 39.5 Å². The SMILES string of the molecule is CCCCCNC(=O)C(Br)CC. The molecule has 0 rings (SSSR count). The molecule has 2 nitrogen and oxygen atoms in total. The van der Waals surface area contributed by atoms with E-state index < -0.39 is 0 Å². The van der Waals surface area contributed by atoms with E-state index in [1.165, 1.54) is 12.8 Å². The number of hydrogen-bond acceptors (Lipinski definition) is 1. The van der Waals surface area contributed by atoms with Gasteiger partial charge in [0.15, 0.2) is 0 Å². The molecule has 0 bridgehead atoms. The molecule has 3 heteroatoms. The summed E-state index contributed by atoms with van der Waals surface area (Å²) in [4.78, 5) is 11.2. The van der Waals surface area contributed by atoms with Gasteiger partial charge in [0.1, 0.15) is 0 Å². The Morgan fingerprint density at radius 2 is 2.08 bits per heavy atom. The molecule has 0 aliphatic rings. The van der Waals surface area contributed by atoms with Crippen molar-refractivity contribution >= 4 is 21.8 Å². The molecular weight excluding hydrogens is 218 g/mol. The fourth-order valence-corrected chi connectivity index (χ4v) is 1.04. The van der Waals surface area contributed by atoms with Gasteiger partial charge in [-0.3, -0.25) is 4.79 Å². The normalized spacial score (nSPS) is 12.6. The third-order valence-corrected chi connectivity index (χ3v) is 2.79. The quantitative estimate of drug-likeness (QED) is 0.557. The number of halogens is 1. The fourth-order valence-electron chi connectivity index (χ4n) is 0.883. The van der Waals surface area contributed by atoms with Crippen LogP contribution in [0.4, 0.5) is 0 Å². The summed E-state index contributed by atoms with van der Waals surface area (Å²) in [6, 6.07) is 0. The van der Waals surface area contributed by atoms with Crippen molar-refractivity contribution < 1.29 is 4.79 Å². The number of carbonyl (C=O) groups is 1. The van der Waals surface area contributed by atoms with E-state index in [2.05, 4.69) is 28.2 Å². The van der Waals surface area contributed by atoms with E-state index in [0.717, 1.165) is 19.4 Å². The van der Waals surface area contributed by atoms with E-state index in [4.69, 9.17) is 0 Å². The van der Waals surface area contributed by atoms with E-state index >= 15 is 0 Å². The first-order valence-electron chi connectivity index (χ1n) is 4.64. The number of unbranched alkanes of at least 4 members (excludes halogenated alkanes) is 2. The molecule has 0 radical (unpaired) electrons. The van der Waals surface area contributed by atoms with Gasteiger partial charge in [-0.05, 0) is 12.8 Å². The Bertz CT molecular complexity index is 128. The molecule has 1 atom stereocenters. The molecule has 0 aromatic heterocycles. The molecular formula is C9H18BrNO. The largest absolute Gasteiger partial charge is 0.355 e. The van der Waals surface area contributed by atoms with Crippen molar-refractivity contribution in [2.45, 2.75) is 44.4 Å². The lowest BCUT2D eigenvalue weighted by molar-refractivity contribution is -0.120. The first kappa shape index (κ1) is 11.9. The van der Waals surface area contributed by atoms with Gasteiger partial charge in [-0.15, -0.1) is 0 Å². The average Bonchev–Trinajstić information content (AvgIpc) is 2.10. The van der Waals surface area contributed by atoms with E-state index in [1.807, 2.05) is 6.92 Å². The number of amides is 1. The number of nitrogens with one attached hydrogen (secondary N) is 1. The molecule has 72 valence electrons. The molecule has 0 aromatic rings. The highest BCUT2D eigenvalue weighted by Crippen LogP contribution is 2.03. The second kappa shape index (κ2) is 7.59. The van der Waals surface area contributed by atoms with Crippen molar-refractivity contribution in [2.24, 2.45) is 0 Å². The van der Waals surface area contributed by atoms with Crippen LogP contribution in [-0.4, -0.2) is 17.3 Å². The van der Waals surface area contributed by atoms with Crippen LogP contribution < -0.4 is 5.32 Å². The van der Waals surface area contributed by atoms with Crippen LogP contribution in [-0.2, 0) is 4.79 Å². The summed E-state index contributed by atoms with van der Waals surface area (Å²) in [6.07, 6.45) is 4.33. The Hall–Kier alpha value is -0.0500. The number of rotatable bonds is 6. The Kier molecular flexibility index (Phi) is 7.56.